The van der Waals surface area contributed by atoms with Gasteiger partial charge in [-0.3, -0.25) is 0 Å². The molecule has 1 N–H and O–H groups in total. The number of anilines is 1. The van der Waals surface area contributed by atoms with E-state index in [0.717, 1.165) is 24.4 Å². The van der Waals surface area contributed by atoms with E-state index in [1.165, 1.54) is 41.5 Å². The van der Waals surface area contributed by atoms with Gasteiger partial charge in [0.2, 0.25) is 0 Å². The maximum Gasteiger partial charge on any atom is 0.0375 e. The summed E-state index contributed by atoms with van der Waals surface area (Å²) < 4.78 is 1.23. The van der Waals surface area contributed by atoms with E-state index in [-0.39, 0.29) is 0 Å². The van der Waals surface area contributed by atoms with Crippen LogP contribution in [0.3, 0.4) is 0 Å². The van der Waals surface area contributed by atoms with Gasteiger partial charge in [0.05, 0.1) is 0 Å². The van der Waals surface area contributed by atoms with Crippen LogP contribution in [-0.2, 0) is 6.54 Å². The lowest BCUT2D eigenvalue weighted by molar-refractivity contribution is 0.685. The Bertz CT molecular complexity index is 456. The van der Waals surface area contributed by atoms with Crippen LogP contribution < -0.4 is 10.2 Å². The van der Waals surface area contributed by atoms with E-state index in [0.29, 0.717) is 0 Å². The van der Waals surface area contributed by atoms with Crippen molar-refractivity contribution in [3.05, 3.63) is 28.2 Å². The number of nitrogens with zero attached hydrogens (tertiary/aromatic N) is 1. The number of nitrogens with one attached hydrogen (secondary N) is 1. The molecule has 0 bridgehead atoms. The van der Waals surface area contributed by atoms with Crippen molar-refractivity contribution in [2.24, 2.45) is 11.8 Å². The Morgan fingerprint density at radius 3 is 2.68 bits per heavy atom. The van der Waals surface area contributed by atoms with Gasteiger partial charge in [-0.05, 0) is 48.8 Å². The van der Waals surface area contributed by atoms with E-state index < -0.39 is 0 Å². The Labute approximate surface area is 124 Å². The van der Waals surface area contributed by atoms with Gasteiger partial charge in [-0.1, -0.05) is 28.9 Å². The lowest BCUT2D eigenvalue weighted by atomic mass is 10.2. The van der Waals surface area contributed by atoms with Crippen LogP contribution in [0.15, 0.2) is 22.7 Å². The van der Waals surface area contributed by atoms with E-state index in [9.17, 15) is 0 Å². The highest BCUT2D eigenvalue weighted by Gasteiger charge is 2.33. The number of halogens is 1. The zero-order valence-corrected chi connectivity index (χ0v) is 13.4. The largest absolute Gasteiger partial charge is 0.374 e. The molecule has 2 nitrogen and oxygen atoms in total. The first-order valence-electron chi connectivity index (χ1n) is 7.36. The van der Waals surface area contributed by atoms with Gasteiger partial charge in [0.15, 0.2) is 0 Å². The van der Waals surface area contributed by atoms with Gasteiger partial charge in [-0.15, -0.1) is 0 Å². The third-order valence-electron chi connectivity index (χ3n) is 4.42. The van der Waals surface area contributed by atoms with Crippen LogP contribution in [0.4, 0.5) is 5.69 Å². The van der Waals surface area contributed by atoms with E-state index in [1.807, 2.05) is 0 Å². The molecule has 2 fully saturated rings. The molecule has 2 unspecified atom stereocenters. The van der Waals surface area contributed by atoms with Crippen LogP contribution in [0.25, 0.3) is 0 Å². The third kappa shape index (κ3) is 3.51. The molecule has 0 radical (unpaired) electrons. The molecule has 0 amide bonds. The molecular weight excluding hydrogens is 300 g/mol. The second-order valence-electron chi connectivity index (χ2n) is 6.28. The van der Waals surface area contributed by atoms with E-state index in [4.69, 9.17) is 0 Å². The average molecular weight is 323 g/mol. The lowest BCUT2D eigenvalue weighted by Gasteiger charge is -2.20. The van der Waals surface area contributed by atoms with Crippen molar-refractivity contribution in [3.63, 3.8) is 0 Å². The summed E-state index contributed by atoms with van der Waals surface area (Å²) in [7, 11) is 2.20. The second kappa shape index (κ2) is 5.45. The fourth-order valence-corrected chi connectivity index (χ4v) is 3.08. The summed E-state index contributed by atoms with van der Waals surface area (Å²) in [5.41, 5.74) is 2.69. The standard InChI is InChI=1S/C16H23BrN2/c1-11-7-13(11)10-19(2)15-6-3-12(16(17)8-15)9-18-14-4-5-14/h3,6,8,11,13-14,18H,4-5,7,9-10H2,1-2H3. The van der Waals surface area contributed by atoms with Crippen molar-refractivity contribution in [1.82, 2.24) is 5.32 Å². The summed E-state index contributed by atoms with van der Waals surface area (Å²) in [4.78, 5) is 2.39. The minimum absolute atomic E-state index is 0.769. The van der Waals surface area contributed by atoms with Gasteiger partial charge in [0.1, 0.15) is 0 Å². The molecule has 104 valence electrons. The molecule has 2 aliphatic rings. The molecule has 3 rings (SSSR count). The van der Waals surface area contributed by atoms with E-state index >= 15 is 0 Å². The van der Waals surface area contributed by atoms with Gasteiger partial charge in [-0.25, -0.2) is 0 Å². The quantitative estimate of drug-likeness (QED) is 0.857. The molecular formula is C16H23BrN2. The molecule has 0 saturated heterocycles. The van der Waals surface area contributed by atoms with Crippen molar-refractivity contribution in [2.75, 3.05) is 18.5 Å². The zero-order chi connectivity index (χ0) is 13.4. The molecule has 0 spiro atoms. The van der Waals surface area contributed by atoms with Gasteiger partial charge in [0.25, 0.3) is 0 Å². The number of rotatable bonds is 6. The smallest absolute Gasteiger partial charge is 0.0375 e. The summed E-state index contributed by atoms with van der Waals surface area (Å²) in [5, 5.41) is 3.57. The lowest BCUT2D eigenvalue weighted by Crippen LogP contribution is -2.21. The number of benzene rings is 1. The Morgan fingerprint density at radius 1 is 1.37 bits per heavy atom. The van der Waals surface area contributed by atoms with Crippen molar-refractivity contribution < 1.29 is 0 Å². The first-order chi connectivity index (χ1) is 9.13. The van der Waals surface area contributed by atoms with Gasteiger partial charge in [-0.2, -0.15) is 0 Å². The highest BCUT2D eigenvalue weighted by molar-refractivity contribution is 9.10. The van der Waals surface area contributed by atoms with Crippen LogP contribution in [-0.4, -0.2) is 19.6 Å². The minimum atomic E-state index is 0.769. The monoisotopic (exact) mass is 322 g/mol. The van der Waals surface area contributed by atoms with Crippen molar-refractivity contribution in [2.45, 2.75) is 38.8 Å². The highest BCUT2D eigenvalue weighted by atomic mass is 79.9. The second-order valence-corrected chi connectivity index (χ2v) is 7.14. The fraction of sp³-hybridized carbons (Fsp3) is 0.625. The molecule has 2 aliphatic carbocycles. The molecule has 2 saturated carbocycles. The molecule has 0 aromatic heterocycles. The van der Waals surface area contributed by atoms with Crippen LogP contribution in [0.2, 0.25) is 0 Å². The maximum absolute atomic E-state index is 3.71. The van der Waals surface area contributed by atoms with Crippen LogP contribution in [0.1, 0.15) is 31.7 Å². The number of hydrogen-bond donors (Lipinski definition) is 1. The van der Waals surface area contributed by atoms with Crippen LogP contribution in [0, 0.1) is 11.8 Å². The van der Waals surface area contributed by atoms with Gasteiger partial charge >= 0.3 is 0 Å². The van der Waals surface area contributed by atoms with Crippen LogP contribution in [0.5, 0.6) is 0 Å². The fourth-order valence-electron chi connectivity index (χ4n) is 2.57. The molecule has 0 aliphatic heterocycles. The summed E-state index contributed by atoms with van der Waals surface area (Å²) in [6, 6.07) is 7.53. The molecule has 0 heterocycles. The Hall–Kier alpha value is -0.540. The predicted octanol–water partition coefficient (Wildman–Crippen LogP) is 3.79. The Kier molecular flexibility index (Phi) is 3.86. The third-order valence-corrected chi connectivity index (χ3v) is 5.16. The van der Waals surface area contributed by atoms with Gasteiger partial charge in [0, 0.05) is 36.3 Å². The van der Waals surface area contributed by atoms with Crippen molar-refractivity contribution in [1.29, 1.82) is 0 Å². The zero-order valence-electron chi connectivity index (χ0n) is 11.8. The minimum Gasteiger partial charge on any atom is -0.374 e. The van der Waals surface area contributed by atoms with E-state index in [2.05, 4.69) is 58.3 Å². The summed E-state index contributed by atoms with van der Waals surface area (Å²) >= 11 is 3.71. The molecule has 1 aromatic carbocycles. The first kappa shape index (κ1) is 13.4. The molecule has 3 heteroatoms. The van der Waals surface area contributed by atoms with Crippen molar-refractivity contribution in [3.8, 4) is 0 Å². The average Bonchev–Trinajstić information content (AvgIpc) is 3.28. The van der Waals surface area contributed by atoms with Gasteiger partial charge < -0.3 is 10.2 Å². The molecule has 19 heavy (non-hydrogen) atoms. The summed E-state index contributed by atoms with van der Waals surface area (Å²) in [6.45, 7) is 4.52. The first-order valence-corrected chi connectivity index (χ1v) is 8.15. The predicted molar refractivity (Wildman–Crippen MR) is 84.5 cm³/mol. The highest BCUT2D eigenvalue weighted by Crippen LogP contribution is 2.39. The van der Waals surface area contributed by atoms with E-state index in [1.54, 1.807) is 0 Å². The normalized spacial score (nSPS) is 25.4. The summed E-state index contributed by atoms with van der Waals surface area (Å²) in [5.74, 6) is 1.83. The maximum atomic E-state index is 3.71. The summed E-state index contributed by atoms with van der Waals surface area (Å²) in [6.07, 6.45) is 4.09. The SMILES string of the molecule is CC1CC1CN(C)c1ccc(CNC2CC2)c(Br)c1. The number of hydrogen-bond acceptors (Lipinski definition) is 2. The Morgan fingerprint density at radius 2 is 2.11 bits per heavy atom. The van der Waals surface area contributed by atoms with Crippen LogP contribution >= 0.6 is 15.9 Å². The topological polar surface area (TPSA) is 15.3 Å². The molecule has 1 aromatic rings. The molecule has 2 atom stereocenters. The van der Waals surface area contributed by atoms with Crippen molar-refractivity contribution >= 4 is 21.6 Å². The Balaban J connectivity index is 1.60.